The zero-order valence-corrected chi connectivity index (χ0v) is 17.5. The second-order valence-corrected chi connectivity index (χ2v) is 8.45. The van der Waals surface area contributed by atoms with E-state index in [1.807, 2.05) is 40.3 Å². The molecule has 0 saturated carbocycles. The van der Waals surface area contributed by atoms with Gasteiger partial charge >= 0.3 is 0 Å². The molecule has 3 heterocycles. The molecule has 2 aromatic rings. The number of hydrogen-bond donors (Lipinski definition) is 1. The fourth-order valence-corrected chi connectivity index (χ4v) is 4.44. The third-order valence-electron chi connectivity index (χ3n) is 5.98. The van der Waals surface area contributed by atoms with Crippen molar-refractivity contribution in [3.05, 3.63) is 53.2 Å². The van der Waals surface area contributed by atoms with Gasteiger partial charge in [-0.2, -0.15) is 0 Å². The molecule has 2 aliphatic rings. The predicted octanol–water partition coefficient (Wildman–Crippen LogP) is 2.83. The third-order valence-corrected chi connectivity index (χ3v) is 5.98. The summed E-state index contributed by atoms with van der Waals surface area (Å²) in [4.78, 5) is 23.7. The lowest BCUT2D eigenvalue weighted by Gasteiger charge is -2.36. The first-order valence-electron chi connectivity index (χ1n) is 10.4. The number of aliphatic hydroxyl groups is 1. The van der Waals surface area contributed by atoms with E-state index in [1.54, 1.807) is 0 Å². The Bertz CT molecular complexity index is 875. The van der Waals surface area contributed by atoms with Crippen molar-refractivity contribution >= 4 is 17.4 Å². The van der Waals surface area contributed by atoms with Gasteiger partial charge in [-0.05, 0) is 61.6 Å². The lowest BCUT2D eigenvalue weighted by atomic mass is 10.1. The monoisotopic (exact) mass is 394 g/mol. The van der Waals surface area contributed by atoms with Gasteiger partial charge in [-0.15, -0.1) is 0 Å². The molecule has 0 radical (unpaired) electrons. The number of aliphatic hydroxyl groups excluding tert-OH is 1. The van der Waals surface area contributed by atoms with E-state index in [9.17, 15) is 9.90 Å². The predicted molar refractivity (Wildman–Crippen MR) is 115 cm³/mol. The first-order chi connectivity index (χ1) is 13.9. The fraction of sp³-hybridized carbons (Fsp3) is 0.478. The van der Waals surface area contributed by atoms with Crippen LogP contribution >= 0.6 is 0 Å². The molecule has 6 heteroatoms. The molecule has 0 spiro atoms. The summed E-state index contributed by atoms with van der Waals surface area (Å²) in [6, 6.07) is 9.81. The Balaban J connectivity index is 1.38. The molecule has 2 aliphatic heterocycles. The number of pyridine rings is 1. The molecule has 2 atom stereocenters. The maximum Gasteiger partial charge on any atom is 0.253 e. The summed E-state index contributed by atoms with van der Waals surface area (Å²) in [5.74, 6) is 1.57. The summed E-state index contributed by atoms with van der Waals surface area (Å²) in [7, 11) is 0. The topological polar surface area (TPSA) is 59.9 Å². The highest BCUT2D eigenvalue weighted by Gasteiger charge is 2.28. The average molecular weight is 395 g/mol. The van der Waals surface area contributed by atoms with Crippen LogP contribution in [0.2, 0.25) is 0 Å². The summed E-state index contributed by atoms with van der Waals surface area (Å²) < 4.78 is 0. The van der Waals surface area contributed by atoms with Crippen molar-refractivity contribution in [1.82, 2.24) is 9.88 Å². The number of carbonyl (C=O) groups excluding carboxylic acids is 1. The highest BCUT2D eigenvalue weighted by atomic mass is 16.3. The number of nitrogens with zero attached hydrogens (tertiary/aromatic N) is 4. The quantitative estimate of drug-likeness (QED) is 0.868. The average Bonchev–Trinajstić information content (AvgIpc) is 3.06. The summed E-state index contributed by atoms with van der Waals surface area (Å²) in [5.41, 5.74) is 4.02. The van der Waals surface area contributed by atoms with Gasteiger partial charge in [0.25, 0.3) is 5.91 Å². The number of carbonyl (C=O) groups is 1. The lowest BCUT2D eigenvalue weighted by molar-refractivity contribution is 0.0746. The number of piperazine rings is 1. The van der Waals surface area contributed by atoms with Gasteiger partial charge in [0.15, 0.2) is 0 Å². The zero-order chi connectivity index (χ0) is 20.5. The Kier molecular flexibility index (Phi) is 5.46. The number of rotatable bonds is 3. The van der Waals surface area contributed by atoms with Gasteiger partial charge in [0, 0.05) is 50.2 Å². The summed E-state index contributed by atoms with van der Waals surface area (Å²) in [6.07, 6.45) is 2.26. The van der Waals surface area contributed by atoms with Gasteiger partial charge in [0.2, 0.25) is 0 Å². The third kappa shape index (κ3) is 4.08. The van der Waals surface area contributed by atoms with Gasteiger partial charge in [-0.25, -0.2) is 4.98 Å². The second kappa shape index (κ2) is 8.03. The molecule has 0 aliphatic carbocycles. The van der Waals surface area contributed by atoms with Crippen molar-refractivity contribution in [2.75, 3.05) is 42.5 Å². The van der Waals surface area contributed by atoms with Crippen LogP contribution in [0.15, 0.2) is 36.5 Å². The minimum atomic E-state index is -0.432. The minimum absolute atomic E-state index is 0.0696. The molecule has 2 fully saturated rings. The molecule has 4 rings (SSSR count). The molecular weight excluding hydrogens is 364 g/mol. The normalized spacial score (nSPS) is 22.3. The molecular formula is C23H30N4O2. The maximum absolute atomic E-state index is 12.9. The molecule has 2 saturated heterocycles. The molecule has 2 unspecified atom stereocenters. The van der Waals surface area contributed by atoms with Crippen LogP contribution in [-0.2, 0) is 0 Å². The van der Waals surface area contributed by atoms with Crippen LogP contribution in [-0.4, -0.2) is 59.8 Å². The second-order valence-electron chi connectivity index (χ2n) is 8.45. The van der Waals surface area contributed by atoms with Crippen molar-refractivity contribution in [2.24, 2.45) is 5.92 Å². The van der Waals surface area contributed by atoms with Crippen LogP contribution in [0, 0.1) is 19.8 Å². The van der Waals surface area contributed by atoms with Crippen molar-refractivity contribution in [1.29, 1.82) is 0 Å². The number of hydrogen-bond acceptors (Lipinski definition) is 5. The molecule has 6 nitrogen and oxygen atoms in total. The largest absolute Gasteiger partial charge is 0.374 e. The van der Waals surface area contributed by atoms with Gasteiger partial charge in [-0.1, -0.05) is 13.0 Å². The van der Waals surface area contributed by atoms with Crippen LogP contribution in [0.25, 0.3) is 0 Å². The standard InChI is InChI=1S/C23H30N4O2/c1-16-12-18(3)22(24-14-16)25-8-10-26(11-9-25)23(29)19-4-6-20(7-5-19)27-15-17(2)13-21(27)28/h4-7,12,14,17,21,28H,8-11,13,15H2,1-3H3. The molecule has 1 amide bonds. The fourth-order valence-electron chi connectivity index (χ4n) is 4.44. The van der Waals surface area contributed by atoms with Gasteiger partial charge in [-0.3, -0.25) is 4.79 Å². The van der Waals surface area contributed by atoms with E-state index in [0.29, 0.717) is 24.6 Å². The van der Waals surface area contributed by atoms with E-state index in [4.69, 9.17) is 0 Å². The number of benzene rings is 1. The maximum atomic E-state index is 12.9. The van der Waals surface area contributed by atoms with Crippen LogP contribution in [0.3, 0.4) is 0 Å². The smallest absolute Gasteiger partial charge is 0.253 e. The first kappa shape index (κ1) is 19.7. The van der Waals surface area contributed by atoms with Gasteiger partial charge < -0.3 is 19.8 Å². The first-order valence-corrected chi connectivity index (χ1v) is 10.4. The number of aromatic nitrogens is 1. The van der Waals surface area contributed by atoms with Crippen molar-refractivity contribution < 1.29 is 9.90 Å². The molecule has 154 valence electrons. The van der Waals surface area contributed by atoms with E-state index in [2.05, 4.69) is 36.7 Å². The van der Waals surface area contributed by atoms with Crippen molar-refractivity contribution in [3.8, 4) is 0 Å². The van der Waals surface area contributed by atoms with Crippen LogP contribution < -0.4 is 9.80 Å². The molecule has 1 N–H and O–H groups in total. The van der Waals surface area contributed by atoms with E-state index in [-0.39, 0.29) is 5.91 Å². The summed E-state index contributed by atoms with van der Waals surface area (Å²) in [5, 5.41) is 10.2. The Morgan fingerprint density at radius 2 is 1.79 bits per heavy atom. The number of aryl methyl sites for hydroxylation is 2. The molecule has 29 heavy (non-hydrogen) atoms. The van der Waals surface area contributed by atoms with Crippen LogP contribution in [0.4, 0.5) is 11.5 Å². The van der Waals surface area contributed by atoms with E-state index < -0.39 is 6.23 Å². The van der Waals surface area contributed by atoms with Crippen molar-refractivity contribution in [2.45, 2.75) is 33.4 Å². The molecule has 0 bridgehead atoms. The van der Waals surface area contributed by atoms with E-state index in [1.165, 1.54) is 11.1 Å². The van der Waals surface area contributed by atoms with Crippen LogP contribution in [0.1, 0.15) is 34.8 Å². The zero-order valence-electron chi connectivity index (χ0n) is 17.5. The highest BCUT2D eigenvalue weighted by molar-refractivity contribution is 5.94. The SMILES string of the molecule is Cc1cnc(N2CCN(C(=O)c3ccc(N4CC(C)CC4O)cc3)CC2)c(C)c1. The Hall–Kier alpha value is -2.60. The van der Waals surface area contributed by atoms with Gasteiger partial charge in [0.05, 0.1) is 0 Å². The number of anilines is 2. The molecule has 1 aromatic carbocycles. The van der Waals surface area contributed by atoms with E-state index >= 15 is 0 Å². The Labute approximate surface area is 172 Å². The summed E-state index contributed by atoms with van der Waals surface area (Å²) >= 11 is 0. The van der Waals surface area contributed by atoms with Gasteiger partial charge in [0.1, 0.15) is 12.0 Å². The molecule has 1 aromatic heterocycles. The minimum Gasteiger partial charge on any atom is -0.374 e. The van der Waals surface area contributed by atoms with Crippen LogP contribution in [0.5, 0.6) is 0 Å². The summed E-state index contributed by atoms with van der Waals surface area (Å²) in [6.45, 7) is 10.1. The van der Waals surface area contributed by atoms with E-state index in [0.717, 1.165) is 37.6 Å². The number of amides is 1. The Morgan fingerprint density at radius 3 is 2.38 bits per heavy atom. The van der Waals surface area contributed by atoms with Crippen molar-refractivity contribution in [3.63, 3.8) is 0 Å². The Morgan fingerprint density at radius 1 is 1.10 bits per heavy atom. The lowest BCUT2D eigenvalue weighted by Crippen LogP contribution is -2.49. The highest BCUT2D eigenvalue weighted by Crippen LogP contribution is 2.28.